The van der Waals surface area contributed by atoms with Crippen molar-refractivity contribution < 1.29 is 9.53 Å². The number of ether oxygens (including phenoxy) is 1. The molecule has 0 atom stereocenters. The smallest absolute Gasteiger partial charge is 0.410 e. The van der Waals surface area contributed by atoms with E-state index in [0.717, 1.165) is 31.5 Å². The van der Waals surface area contributed by atoms with Gasteiger partial charge in [0, 0.05) is 25.3 Å². The minimum absolute atomic E-state index is 0.234. The Kier molecular flexibility index (Phi) is 3.81. The summed E-state index contributed by atoms with van der Waals surface area (Å²) in [5.41, 5.74) is 2.39. The molecule has 0 unspecified atom stereocenters. The van der Waals surface area contributed by atoms with E-state index >= 15 is 0 Å². The van der Waals surface area contributed by atoms with Gasteiger partial charge in [0.25, 0.3) is 0 Å². The van der Waals surface area contributed by atoms with E-state index in [1.54, 1.807) is 4.90 Å². The van der Waals surface area contributed by atoms with Gasteiger partial charge in [0.05, 0.1) is 0 Å². The SMILES string of the molecule is CN(C(=O)Oc1ccc2c(c1)CCN2)C1CCCCC1. The molecule has 0 bridgehead atoms. The van der Waals surface area contributed by atoms with Gasteiger partial charge in [-0.05, 0) is 43.0 Å². The maximum absolute atomic E-state index is 12.2. The summed E-state index contributed by atoms with van der Waals surface area (Å²) in [4.78, 5) is 14.0. The van der Waals surface area contributed by atoms with E-state index in [4.69, 9.17) is 4.74 Å². The first-order valence-corrected chi connectivity index (χ1v) is 7.55. The Balaban J connectivity index is 1.63. The predicted molar refractivity (Wildman–Crippen MR) is 79.3 cm³/mol. The Morgan fingerprint density at radius 3 is 2.90 bits per heavy atom. The van der Waals surface area contributed by atoms with Gasteiger partial charge in [-0.1, -0.05) is 19.3 Å². The summed E-state index contributed by atoms with van der Waals surface area (Å²) < 4.78 is 5.51. The van der Waals surface area contributed by atoms with E-state index < -0.39 is 0 Å². The molecule has 1 aromatic carbocycles. The molecular formula is C16H22N2O2. The number of nitrogens with one attached hydrogen (secondary N) is 1. The van der Waals surface area contributed by atoms with Crippen LogP contribution in [0.5, 0.6) is 5.75 Å². The predicted octanol–water partition coefficient (Wildman–Crippen LogP) is 3.42. The summed E-state index contributed by atoms with van der Waals surface area (Å²) in [6.45, 7) is 0.967. The Labute approximate surface area is 120 Å². The standard InChI is InChI=1S/C16H22N2O2/c1-18(13-5-3-2-4-6-13)16(19)20-14-7-8-15-12(11-14)9-10-17-15/h7-8,11,13,17H,2-6,9-10H2,1H3. The number of hydrogen-bond donors (Lipinski definition) is 1. The van der Waals surface area contributed by atoms with Gasteiger partial charge >= 0.3 is 6.09 Å². The Morgan fingerprint density at radius 2 is 2.10 bits per heavy atom. The number of carbonyl (C=O) groups excluding carboxylic acids is 1. The van der Waals surface area contributed by atoms with Crippen molar-refractivity contribution >= 4 is 11.8 Å². The van der Waals surface area contributed by atoms with Crippen LogP contribution in [0.3, 0.4) is 0 Å². The summed E-state index contributed by atoms with van der Waals surface area (Å²) in [6, 6.07) is 6.17. The monoisotopic (exact) mass is 274 g/mol. The topological polar surface area (TPSA) is 41.6 Å². The van der Waals surface area contributed by atoms with Crippen molar-refractivity contribution in [2.75, 3.05) is 18.9 Å². The third-order valence-electron chi connectivity index (χ3n) is 4.40. The van der Waals surface area contributed by atoms with Gasteiger partial charge in [0.15, 0.2) is 0 Å². The fourth-order valence-electron chi connectivity index (χ4n) is 3.13. The van der Waals surface area contributed by atoms with Gasteiger partial charge in [-0.25, -0.2) is 4.79 Å². The zero-order chi connectivity index (χ0) is 13.9. The van der Waals surface area contributed by atoms with Crippen LogP contribution < -0.4 is 10.1 Å². The lowest BCUT2D eigenvalue weighted by atomic mass is 9.95. The molecule has 1 saturated carbocycles. The van der Waals surface area contributed by atoms with Crippen LogP contribution in [0.1, 0.15) is 37.7 Å². The molecule has 3 rings (SSSR count). The first-order chi connectivity index (χ1) is 9.74. The molecule has 1 aliphatic heterocycles. The van der Waals surface area contributed by atoms with Gasteiger partial charge in [0.2, 0.25) is 0 Å². The number of hydrogen-bond acceptors (Lipinski definition) is 3. The second-order valence-electron chi connectivity index (χ2n) is 5.77. The highest BCUT2D eigenvalue weighted by Crippen LogP contribution is 2.27. The Hall–Kier alpha value is -1.71. The average molecular weight is 274 g/mol. The number of rotatable bonds is 2. The first kappa shape index (κ1) is 13.3. The highest BCUT2D eigenvalue weighted by molar-refractivity contribution is 5.71. The van der Waals surface area contributed by atoms with Crippen LogP contribution >= 0.6 is 0 Å². The highest BCUT2D eigenvalue weighted by atomic mass is 16.6. The summed E-state index contributed by atoms with van der Waals surface area (Å²) in [5, 5.41) is 3.30. The van der Waals surface area contributed by atoms with Crippen molar-refractivity contribution in [3.05, 3.63) is 23.8 Å². The fourth-order valence-corrected chi connectivity index (χ4v) is 3.13. The summed E-state index contributed by atoms with van der Waals surface area (Å²) in [6.07, 6.45) is 6.68. The van der Waals surface area contributed by atoms with Gasteiger partial charge in [-0.15, -0.1) is 0 Å². The van der Waals surface area contributed by atoms with E-state index in [-0.39, 0.29) is 6.09 Å². The third-order valence-corrected chi connectivity index (χ3v) is 4.40. The second kappa shape index (κ2) is 5.73. The highest BCUT2D eigenvalue weighted by Gasteiger charge is 2.23. The van der Waals surface area contributed by atoms with Crippen LogP contribution in [0.2, 0.25) is 0 Å². The van der Waals surface area contributed by atoms with Crippen molar-refractivity contribution in [2.45, 2.75) is 44.6 Å². The van der Waals surface area contributed by atoms with Crippen LogP contribution in [0.15, 0.2) is 18.2 Å². The summed E-state index contributed by atoms with van der Waals surface area (Å²) in [7, 11) is 1.85. The van der Waals surface area contributed by atoms with Gasteiger partial charge in [-0.2, -0.15) is 0 Å². The van der Waals surface area contributed by atoms with Crippen LogP contribution in [0.4, 0.5) is 10.5 Å². The van der Waals surface area contributed by atoms with Crippen molar-refractivity contribution in [2.24, 2.45) is 0 Å². The molecule has 108 valence electrons. The largest absolute Gasteiger partial charge is 0.415 e. The molecule has 0 aromatic heterocycles. The fraction of sp³-hybridized carbons (Fsp3) is 0.562. The van der Waals surface area contributed by atoms with Crippen LogP contribution in [-0.2, 0) is 6.42 Å². The number of fused-ring (bicyclic) bond motifs is 1. The Morgan fingerprint density at radius 1 is 1.30 bits per heavy atom. The normalized spacial score (nSPS) is 18.2. The minimum atomic E-state index is -0.234. The minimum Gasteiger partial charge on any atom is -0.410 e. The molecule has 4 heteroatoms. The van der Waals surface area contributed by atoms with E-state index in [1.807, 2.05) is 25.2 Å². The number of carbonyl (C=O) groups is 1. The summed E-state index contributed by atoms with van der Waals surface area (Å²) in [5.74, 6) is 0.653. The maximum Gasteiger partial charge on any atom is 0.415 e. The van der Waals surface area contributed by atoms with E-state index in [9.17, 15) is 4.79 Å². The van der Waals surface area contributed by atoms with E-state index in [2.05, 4.69) is 5.32 Å². The van der Waals surface area contributed by atoms with Crippen molar-refractivity contribution in [1.82, 2.24) is 4.90 Å². The Bertz CT molecular complexity index is 495. The van der Waals surface area contributed by atoms with Crippen molar-refractivity contribution in [3.8, 4) is 5.75 Å². The van der Waals surface area contributed by atoms with Gasteiger partial charge in [-0.3, -0.25) is 0 Å². The first-order valence-electron chi connectivity index (χ1n) is 7.55. The number of benzene rings is 1. The molecule has 0 saturated heterocycles. The lowest BCUT2D eigenvalue weighted by Crippen LogP contribution is -2.39. The molecule has 4 nitrogen and oxygen atoms in total. The molecule has 20 heavy (non-hydrogen) atoms. The molecule has 1 aromatic rings. The molecule has 0 spiro atoms. The van der Waals surface area contributed by atoms with E-state index in [0.29, 0.717) is 11.8 Å². The molecule has 1 aliphatic carbocycles. The van der Waals surface area contributed by atoms with Gasteiger partial charge in [0.1, 0.15) is 5.75 Å². The quantitative estimate of drug-likeness (QED) is 0.898. The number of nitrogens with zero attached hydrogens (tertiary/aromatic N) is 1. The number of anilines is 1. The molecule has 1 heterocycles. The number of amides is 1. The lowest BCUT2D eigenvalue weighted by molar-refractivity contribution is 0.133. The van der Waals surface area contributed by atoms with Crippen LogP contribution in [0.25, 0.3) is 0 Å². The van der Waals surface area contributed by atoms with Crippen LogP contribution in [0, 0.1) is 0 Å². The molecule has 1 N–H and O–H groups in total. The van der Waals surface area contributed by atoms with Crippen molar-refractivity contribution in [3.63, 3.8) is 0 Å². The average Bonchev–Trinajstić information content (AvgIpc) is 2.95. The van der Waals surface area contributed by atoms with E-state index in [1.165, 1.54) is 24.8 Å². The zero-order valence-corrected chi connectivity index (χ0v) is 12.0. The second-order valence-corrected chi connectivity index (χ2v) is 5.77. The lowest BCUT2D eigenvalue weighted by Gasteiger charge is -2.30. The molecular weight excluding hydrogens is 252 g/mol. The van der Waals surface area contributed by atoms with Gasteiger partial charge < -0.3 is 15.0 Å². The molecule has 1 amide bonds. The molecule has 2 aliphatic rings. The third kappa shape index (κ3) is 2.74. The van der Waals surface area contributed by atoms with Crippen molar-refractivity contribution in [1.29, 1.82) is 0 Å². The maximum atomic E-state index is 12.2. The molecule has 0 radical (unpaired) electrons. The zero-order valence-electron chi connectivity index (χ0n) is 12.0. The van der Waals surface area contributed by atoms with Crippen LogP contribution in [-0.4, -0.2) is 30.6 Å². The summed E-state index contributed by atoms with van der Waals surface area (Å²) >= 11 is 0. The molecule has 1 fully saturated rings.